The van der Waals surface area contributed by atoms with E-state index >= 15 is 0 Å². The van der Waals surface area contributed by atoms with Crippen molar-refractivity contribution in [2.75, 3.05) is 26.3 Å². The lowest BCUT2D eigenvalue weighted by atomic mass is 10.3. The predicted octanol–water partition coefficient (Wildman–Crippen LogP) is 2.01. The Morgan fingerprint density at radius 1 is 1.24 bits per heavy atom. The highest BCUT2D eigenvalue weighted by Gasteiger charge is 2.18. The molecule has 0 aliphatic rings. The first kappa shape index (κ1) is 16.9. The summed E-state index contributed by atoms with van der Waals surface area (Å²) in [5, 5.41) is 0. The summed E-state index contributed by atoms with van der Waals surface area (Å²) in [4.78, 5) is 24.8. The van der Waals surface area contributed by atoms with E-state index in [4.69, 9.17) is 9.47 Å². The number of hydrogen-bond donors (Lipinski definition) is 0. The molecular formula is C15H20FNO4. The first-order chi connectivity index (χ1) is 10.1. The fraction of sp³-hybridized carbons (Fsp3) is 0.467. The Morgan fingerprint density at radius 2 is 1.95 bits per heavy atom. The molecule has 0 fully saturated rings. The van der Waals surface area contributed by atoms with Crippen LogP contribution in [0.3, 0.4) is 0 Å². The second-order valence-corrected chi connectivity index (χ2v) is 4.34. The SMILES string of the molecule is CCCN(CC(=O)OCC)C(=O)COc1ccccc1F. The van der Waals surface area contributed by atoms with E-state index in [1.165, 1.54) is 23.1 Å². The van der Waals surface area contributed by atoms with E-state index < -0.39 is 11.8 Å². The van der Waals surface area contributed by atoms with E-state index in [1.807, 2.05) is 6.92 Å². The molecule has 116 valence electrons. The number of carbonyl (C=O) groups is 2. The zero-order valence-electron chi connectivity index (χ0n) is 12.3. The average molecular weight is 297 g/mol. The molecule has 1 amide bonds. The summed E-state index contributed by atoms with van der Waals surface area (Å²) in [6, 6.07) is 5.85. The number of rotatable bonds is 8. The maximum absolute atomic E-state index is 13.4. The summed E-state index contributed by atoms with van der Waals surface area (Å²) in [5.74, 6) is -1.37. The molecule has 0 spiro atoms. The molecule has 0 bridgehead atoms. The van der Waals surface area contributed by atoms with Crippen LogP contribution < -0.4 is 4.74 Å². The maximum Gasteiger partial charge on any atom is 0.325 e. The second-order valence-electron chi connectivity index (χ2n) is 4.34. The highest BCUT2D eigenvalue weighted by atomic mass is 19.1. The van der Waals surface area contributed by atoms with Gasteiger partial charge >= 0.3 is 5.97 Å². The lowest BCUT2D eigenvalue weighted by Gasteiger charge is -2.21. The molecule has 0 aliphatic heterocycles. The highest BCUT2D eigenvalue weighted by molar-refractivity contribution is 5.83. The quantitative estimate of drug-likeness (QED) is 0.689. The molecule has 5 nitrogen and oxygen atoms in total. The predicted molar refractivity (Wildman–Crippen MR) is 75.4 cm³/mol. The van der Waals surface area contributed by atoms with Crippen molar-refractivity contribution in [2.45, 2.75) is 20.3 Å². The molecule has 0 atom stereocenters. The van der Waals surface area contributed by atoms with Gasteiger partial charge in [-0.15, -0.1) is 0 Å². The Bertz CT molecular complexity index is 478. The van der Waals surface area contributed by atoms with Crippen LogP contribution in [0, 0.1) is 5.82 Å². The Labute approximate surface area is 123 Å². The lowest BCUT2D eigenvalue weighted by Crippen LogP contribution is -2.39. The van der Waals surface area contributed by atoms with Gasteiger partial charge in [0.25, 0.3) is 5.91 Å². The van der Waals surface area contributed by atoms with Gasteiger partial charge in [-0.05, 0) is 25.5 Å². The molecule has 0 aromatic heterocycles. The second kappa shape index (κ2) is 8.94. The number of nitrogens with zero attached hydrogens (tertiary/aromatic N) is 1. The van der Waals surface area contributed by atoms with Crippen molar-refractivity contribution in [1.82, 2.24) is 4.90 Å². The summed E-state index contributed by atoms with van der Waals surface area (Å²) >= 11 is 0. The number of hydrogen-bond acceptors (Lipinski definition) is 4. The minimum atomic E-state index is -0.530. The zero-order valence-corrected chi connectivity index (χ0v) is 12.3. The van der Waals surface area contributed by atoms with E-state index in [0.29, 0.717) is 13.0 Å². The van der Waals surface area contributed by atoms with Crippen LogP contribution in [0.15, 0.2) is 24.3 Å². The summed E-state index contributed by atoms with van der Waals surface area (Å²) in [7, 11) is 0. The molecule has 0 aliphatic carbocycles. The fourth-order valence-corrected chi connectivity index (χ4v) is 1.72. The van der Waals surface area contributed by atoms with Crippen LogP contribution in [0.1, 0.15) is 20.3 Å². The molecule has 0 N–H and O–H groups in total. The van der Waals surface area contributed by atoms with E-state index in [2.05, 4.69) is 0 Å². The van der Waals surface area contributed by atoms with Crippen molar-refractivity contribution >= 4 is 11.9 Å². The minimum Gasteiger partial charge on any atom is -0.481 e. The number of halogens is 1. The van der Waals surface area contributed by atoms with Crippen molar-refractivity contribution in [3.8, 4) is 5.75 Å². The minimum absolute atomic E-state index is 0.0124. The standard InChI is InChI=1S/C15H20FNO4/c1-3-9-17(10-15(19)20-4-2)14(18)11-21-13-8-6-5-7-12(13)16/h5-8H,3-4,9-11H2,1-2H3. The monoisotopic (exact) mass is 297 g/mol. The zero-order chi connectivity index (χ0) is 15.7. The van der Waals surface area contributed by atoms with Crippen molar-refractivity contribution in [3.05, 3.63) is 30.1 Å². The molecule has 1 aromatic carbocycles. The van der Waals surface area contributed by atoms with Crippen LogP contribution in [0.4, 0.5) is 4.39 Å². The Hall–Kier alpha value is -2.11. The maximum atomic E-state index is 13.4. The molecule has 0 unspecified atom stereocenters. The Balaban J connectivity index is 2.56. The lowest BCUT2D eigenvalue weighted by molar-refractivity contribution is -0.149. The Kier molecular flexibility index (Phi) is 7.21. The van der Waals surface area contributed by atoms with Crippen molar-refractivity contribution in [2.24, 2.45) is 0 Å². The number of para-hydroxylation sites is 1. The number of benzene rings is 1. The van der Waals surface area contributed by atoms with E-state index in [9.17, 15) is 14.0 Å². The van der Waals surface area contributed by atoms with Crippen LogP contribution in [0.2, 0.25) is 0 Å². The van der Waals surface area contributed by atoms with Gasteiger partial charge in [-0.3, -0.25) is 9.59 Å². The topological polar surface area (TPSA) is 55.8 Å². The van der Waals surface area contributed by atoms with Gasteiger partial charge in [0.05, 0.1) is 6.61 Å². The largest absolute Gasteiger partial charge is 0.481 e. The third-order valence-electron chi connectivity index (χ3n) is 2.66. The molecular weight excluding hydrogens is 277 g/mol. The summed E-state index contributed by atoms with van der Waals surface area (Å²) in [5.41, 5.74) is 0. The normalized spacial score (nSPS) is 10.0. The molecule has 1 rings (SSSR count). The van der Waals surface area contributed by atoms with Crippen LogP contribution in [-0.2, 0) is 14.3 Å². The third kappa shape index (κ3) is 5.81. The van der Waals surface area contributed by atoms with Crippen LogP contribution >= 0.6 is 0 Å². The molecule has 21 heavy (non-hydrogen) atoms. The van der Waals surface area contributed by atoms with Crippen molar-refractivity contribution in [3.63, 3.8) is 0 Å². The summed E-state index contributed by atoms with van der Waals surface area (Å²) in [6.07, 6.45) is 0.699. The molecule has 0 saturated carbocycles. The van der Waals surface area contributed by atoms with Gasteiger partial charge in [0.15, 0.2) is 18.2 Å². The van der Waals surface area contributed by atoms with E-state index in [1.54, 1.807) is 13.0 Å². The smallest absolute Gasteiger partial charge is 0.325 e. The van der Waals surface area contributed by atoms with Crippen molar-refractivity contribution < 1.29 is 23.5 Å². The van der Waals surface area contributed by atoms with Gasteiger partial charge in [-0.1, -0.05) is 19.1 Å². The average Bonchev–Trinajstić information content (AvgIpc) is 2.46. The van der Waals surface area contributed by atoms with Gasteiger partial charge in [0.1, 0.15) is 6.54 Å². The molecule has 6 heteroatoms. The van der Waals surface area contributed by atoms with E-state index in [-0.39, 0.29) is 31.4 Å². The number of esters is 1. The van der Waals surface area contributed by atoms with Gasteiger partial charge in [0.2, 0.25) is 0 Å². The fourth-order valence-electron chi connectivity index (χ4n) is 1.72. The van der Waals surface area contributed by atoms with Crippen LogP contribution in [0.25, 0.3) is 0 Å². The van der Waals surface area contributed by atoms with Crippen molar-refractivity contribution in [1.29, 1.82) is 0 Å². The van der Waals surface area contributed by atoms with E-state index in [0.717, 1.165) is 0 Å². The number of ether oxygens (including phenoxy) is 2. The molecule has 0 saturated heterocycles. The van der Waals surface area contributed by atoms with Gasteiger partial charge < -0.3 is 14.4 Å². The first-order valence-corrected chi connectivity index (χ1v) is 6.89. The van der Waals surface area contributed by atoms with Gasteiger partial charge in [0, 0.05) is 6.54 Å². The van der Waals surface area contributed by atoms with Crippen LogP contribution in [0.5, 0.6) is 5.75 Å². The number of carbonyl (C=O) groups excluding carboxylic acids is 2. The Morgan fingerprint density at radius 3 is 2.57 bits per heavy atom. The third-order valence-corrected chi connectivity index (χ3v) is 2.66. The summed E-state index contributed by atoms with van der Waals surface area (Å²) in [6.45, 7) is 3.83. The number of amides is 1. The van der Waals surface area contributed by atoms with Gasteiger partial charge in [-0.2, -0.15) is 0 Å². The highest BCUT2D eigenvalue weighted by Crippen LogP contribution is 2.15. The van der Waals surface area contributed by atoms with Gasteiger partial charge in [-0.25, -0.2) is 4.39 Å². The molecule has 0 radical (unpaired) electrons. The summed E-state index contributed by atoms with van der Waals surface area (Å²) < 4.78 is 23.3. The molecule has 0 heterocycles. The molecule has 1 aromatic rings. The first-order valence-electron chi connectivity index (χ1n) is 6.89. The van der Waals surface area contributed by atoms with Crippen LogP contribution in [-0.4, -0.2) is 43.1 Å².